The molecule has 0 N–H and O–H groups in total. The summed E-state index contributed by atoms with van der Waals surface area (Å²) < 4.78 is 12.4. The smallest absolute Gasteiger partial charge is 0.409 e. The molecule has 4 rings (SSSR count). The quantitative estimate of drug-likeness (QED) is 0.527. The van der Waals surface area contributed by atoms with E-state index < -0.39 is 0 Å². The van der Waals surface area contributed by atoms with Gasteiger partial charge in [-0.2, -0.15) is 0 Å². The van der Waals surface area contributed by atoms with Crippen molar-refractivity contribution in [1.82, 2.24) is 19.4 Å². The lowest BCUT2D eigenvalue weighted by Crippen LogP contribution is -2.41. The third-order valence-corrected chi connectivity index (χ3v) is 6.00. The Labute approximate surface area is 194 Å². The first-order valence-corrected chi connectivity index (χ1v) is 10.9. The summed E-state index contributed by atoms with van der Waals surface area (Å²) in [6.45, 7) is 3.15. The van der Waals surface area contributed by atoms with Crippen LogP contribution in [-0.2, 0) is 11.3 Å². The van der Waals surface area contributed by atoms with Crippen LogP contribution < -0.4 is 10.3 Å². The van der Waals surface area contributed by atoms with Crippen molar-refractivity contribution in [2.45, 2.75) is 32.4 Å². The van der Waals surface area contributed by atoms with Crippen molar-refractivity contribution in [1.29, 1.82) is 0 Å². The molecule has 8 nitrogen and oxygen atoms in total. The minimum atomic E-state index is -0.350. The maximum absolute atomic E-state index is 13.2. The number of nitrogens with zero attached hydrogens (tertiary/aromatic N) is 4. The summed E-state index contributed by atoms with van der Waals surface area (Å²) in [7, 11) is 1.36. The van der Waals surface area contributed by atoms with E-state index in [1.807, 2.05) is 12.1 Å². The van der Waals surface area contributed by atoms with Crippen LogP contribution in [0.2, 0.25) is 10.2 Å². The van der Waals surface area contributed by atoms with E-state index in [0.29, 0.717) is 54.5 Å². The lowest BCUT2D eigenvalue weighted by molar-refractivity contribution is 0.0790. The van der Waals surface area contributed by atoms with E-state index in [2.05, 4.69) is 9.97 Å². The van der Waals surface area contributed by atoms with E-state index in [9.17, 15) is 9.59 Å². The number of piperidine rings is 1. The van der Waals surface area contributed by atoms with E-state index in [0.717, 1.165) is 5.56 Å². The maximum Gasteiger partial charge on any atom is 0.409 e. The molecule has 0 aliphatic carbocycles. The highest BCUT2D eigenvalue weighted by Crippen LogP contribution is 2.28. The molecule has 1 aromatic carbocycles. The second-order valence-corrected chi connectivity index (χ2v) is 8.39. The van der Waals surface area contributed by atoms with Crippen molar-refractivity contribution in [3.8, 4) is 5.75 Å². The summed E-state index contributed by atoms with van der Waals surface area (Å²) in [6, 6.07) is 8.90. The molecule has 0 bridgehead atoms. The van der Waals surface area contributed by atoms with Gasteiger partial charge in [0.25, 0.3) is 5.56 Å². The van der Waals surface area contributed by atoms with E-state index >= 15 is 0 Å². The maximum atomic E-state index is 13.2. The Morgan fingerprint density at radius 2 is 1.84 bits per heavy atom. The Bertz CT molecular complexity index is 1210. The Kier molecular flexibility index (Phi) is 6.53. The molecule has 2 aromatic heterocycles. The van der Waals surface area contributed by atoms with Gasteiger partial charge < -0.3 is 14.4 Å². The summed E-state index contributed by atoms with van der Waals surface area (Å²) in [5, 5.41) is 1.11. The van der Waals surface area contributed by atoms with Crippen molar-refractivity contribution in [2.75, 3.05) is 20.2 Å². The standard InChI is InChI=1S/C22H22Cl2N4O4/c1-13-25-20-17(21(29)28(13)12-14-3-5-15(23)6-4-14)11-18(19(24)26-20)32-16-7-9-27(10-8-16)22(30)31-2/h3-6,11,16H,7-10,12H2,1-2H3. The zero-order valence-corrected chi connectivity index (χ0v) is 19.2. The number of ether oxygens (including phenoxy) is 2. The molecule has 0 spiro atoms. The first-order chi connectivity index (χ1) is 15.4. The fourth-order valence-corrected chi connectivity index (χ4v) is 4.02. The molecule has 0 unspecified atom stereocenters. The number of benzene rings is 1. The number of carbonyl (C=O) groups is 1. The van der Waals surface area contributed by atoms with Gasteiger partial charge in [-0.05, 0) is 30.7 Å². The predicted octanol–water partition coefficient (Wildman–Crippen LogP) is 4.06. The number of pyridine rings is 1. The Hall–Kier alpha value is -2.84. The van der Waals surface area contributed by atoms with Crippen LogP contribution in [0.15, 0.2) is 35.1 Å². The highest BCUT2D eigenvalue weighted by atomic mass is 35.5. The lowest BCUT2D eigenvalue weighted by Gasteiger charge is -2.31. The van der Waals surface area contributed by atoms with E-state index in [4.69, 9.17) is 32.7 Å². The van der Waals surface area contributed by atoms with Gasteiger partial charge in [0.2, 0.25) is 0 Å². The molecule has 0 radical (unpaired) electrons. The number of methoxy groups -OCH3 is 1. The van der Waals surface area contributed by atoms with E-state index in [1.54, 1.807) is 34.6 Å². The third kappa shape index (κ3) is 4.66. The molecule has 1 aliphatic heterocycles. The molecule has 1 saturated heterocycles. The zero-order chi connectivity index (χ0) is 22.8. The van der Waals surface area contributed by atoms with Crippen LogP contribution in [0.1, 0.15) is 24.2 Å². The first-order valence-electron chi connectivity index (χ1n) is 10.2. The summed E-state index contributed by atoms with van der Waals surface area (Å²) in [4.78, 5) is 35.3. The molecule has 0 saturated carbocycles. The second kappa shape index (κ2) is 9.34. The Balaban J connectivity index is 1.60. The fourth-order valence-electron chi connectivity index (χ4n) is 3.72. The number of hydrogen-bond donors (Lipinski definition) is 0. The molecule has 168 valence electrons. The number of aromatic nitrogens is 3. The van der Waals surface area contributed by atoms with Crippen LogP contribution in [0.3, 0.4) is 0 Å². The van der Waals surface area contributed by atoms with Gasteiger partial charge in [0.15, 0.2) is 16.5 Å². The van der Waals surface area contributed by atoms with Crippen molar-refractivity contribution >= 4 is 40.3 Å². The van der Waals surface area contributed by atoms with Crippen LogP contribution >= 0.6 is 23.2 Å². The average Bonchev–Trinajstić information content (AvgIpc) is 2.79. The molecule has 1 fully saturated rings. The van der Waals surface area contributed by atoms with Crippen LogP contribution in [0.4, 0.5) is 4.79 Å². The van der Waals surface area contributed by atoms with Crippen molar-refractivity contribution < 1.29 is 14.3 Å². The number of hydrogen-bond acceptors (Lipinski definition) is 6. The molecule has 3 heterocycles. The van der Waals surface area contributed by atoms with Gasteiger partial charge >= 0.3 is 6.09 Å². The number of fused-ring (bicyclic) bond motifs is 1. The van der Waals surface area contributed by atoms with E-state index in [1.165, 1.54) is 7.11 Å². The minimum absolute atomic E-state index is 0.148. The number of likely N-dealkylation sites (tertiary alicyclic amines) is 1. The van der Waals surface area contributed by atoms with Gasteiger partial charge in [0.05, 0.1) is 19.0 Å². The molecule has 0 atom stereocenters. The normalized spacial score (nSPS) is 14.6. The molecule has 3 aromatic rings. The lowest BCUT2D eigenvalue weighted by atomic mass is 10.1. The SMILES string of the molecule is COC(=O)N1CCC(Oc2cc3c(=O)n(Cc4ccc(Cl)cc4)c(C)nc3nc2Cl)CC1. The second-order valence-electron chi connectivity index (χ2n) is 7.60. The summed E-state index contributed by atoms with van der Waals surface area (Å²) in [5.41, 5.74) is 0.978. The Morgan fingerprint density at radius 3 is 2.50 bits per heavy atom. The van der Waals surface area contributed by atoms with Gasteiger partial charge in [-0.15, -0.1) is 0 Å². The third-order valence-electron chi connectivity index (χ3n) is 5.48. The summed E-state index contributed by atoms with van der Waals surface area (Å²) >= 11 is 12.3. The van der Waals surface area contributed by atoms with Gasteiger partial charge in [-0.1, -0.05) is 35.3 Å². The topological polar surface area (TPSA) is 86.5 Å². The Morgan fingerprint density at radius 1 is 1.16 bits per heavy atom. The summed E-state index contributed by atoms with van der Waals surface area (Å²) in [5.74, 6) is 0.862. The average molecular weight is 477 g/mol. The largest absolute Gasteiger partial charge is 0.487 e. The van der Waals surface area contributed by atoms with Crippen molar-refractivity contribution in [3.63, 3.8) is 0 Å². The monoisotopic (exact) mass is 476 g/mol. The van der Waals surface area contributed by atoms with Gasteiger partial charge in [0, 0.05) is 31.0 Å². The van der Waals surface area contributed by atoms with Crippen LogP contribution in [0.25, 0.3) is 11.0 Å². The van der Waals surface area contributed by atoms with E-state index in [-0.39, 0.29) is 28.6 Å². The summed E-state index contributed by atoms with van der Waals surface area (Å²) in [6.07, 6.45) is 0.742. The molecular formula is C22H22Cl2N4O4. The number of aryl methyl sites for hydroxylation is 1. The predicted molar refractivity (Wildman–Crippen MR) is 122 cm³/mol. The molecular weight excluding hydrogens is 455 g/mol. The zero-order valence-electron chi connectivity index (χ0n) is 17.7. The molecule has 32 heavy (non-hydrogen) atoms. The first kappa shape index (κ1) is 22.4. The fraction of sp³-hybridized carbons (Fsp3) is 0.364. The van der Waals surface area contributed by atoms with Crippen LogP contribution in [0, 0.1) is 6.92 Å². The van der Waals surface area contributed by atoms with Crippen LogP contribution in [-0.4, -0.2) is 51.8 Å². The highest BCUT2D eigenvalue weighted by Gasteiger charge is 2.25. The molecule has 1 aliphatic rings. The van der Waals surface area contributed by atoms with Crippen molar-refractivity contribution in [3.05, 3.63) is 62.2 Å². The minimum Gasteiger partial charge on any atom is -0.487 e. The van der Waals surface area contributed by atoms with Gasteiger partial charge in [-0.3, -0.25) is 9.36 Å². The van der Waals surface area contributed by atoms with Crippen LogP contribution in [0.5, 0.6) is 5.75 Å². The van der Waals surface area contributed by atoms with Gasteiger partial charge in [0.1, 0.15) is 11.9 Å². The number of halogens is 2. The molecule has 1 amide bonds. The number of carbonyl (C=O) groups excluding carboxylic acids is 1. The highest BCUT2D eigenvalue weighted by molar-refractivity contribution is 6.31. The molecule has 10 heteroatoms. The van der Waals surface area contributed by atoms with Crippen molar-refractivity contribution in [2.24, 2.45) is 0 Å². The number of amides is 1. The van der Waals surface area contributed by atoms with Gasteiger partial charge in [-0.25, -0.2) is 14.8 Å². The number of rotatable bonds is 4.